The highest BCUT2D eigenvalue weighted by Gasteiger charge is 2.34. The number of piperidine rings is 1. The van der Waals surface area contributed by atoms with Gasteiger partial charge in [-0.05, 0) is 38.6 Å². The van der Waals surface area contributed by atoms with E-state index < -0.39 is 0 Å². The standard InChI is InChI=1S/C14H26N2O2/c1-3-11-4-6-15-13(8-11)14(18)16-7-5-12(9-16)10(2)17/h10-13,15,17H,3-9H2,1-2H3. The normalized spacial score (nSPS) is 34.6. The third-order valence-electron chi connectivity index (χ3n) is 4.61. The van der Waals surface area contributed by atoms with Crippen molar-refractivity contribution in [3.05, 3.63) is 0 Å². The van der Waals surface area contributed by atoms with Crippen molar-refractivity contribution in [3.8, 4) is 0 Å². The Morgan fingerprint density at radius 2 is 2.28 bits per heavy atom. The summed E-state index contributed by atoms with van der Waals surface area (Å²) in [5, 5.41) is 12.9. The molecule has 4 heteroatoms. The van der Waals surface area contributed by atoms with E-state index in [0.29, 0.717) is 5.92 Å². The summed E-state index contributed by atoms with van der Waals surface area (Å²) in [6.45, 7) is 6.53. The first-order valence-electron chi connectivity index (χ1n) is 7.32. The largest absolute Gasteiger partial charge is 0.393 e. The van der Waals surface area contributed by atoms with Gasteiger partial charge in [-0.15, -0.1) is 0 Å². The molecule has 0 spiro atoms. The molecule has 2 N–H and O–H groups in total. The lowest BCUT2D eigenvalue weighted by molar-refractivity contribution is -0.133. The van der Waals surface area contributed by atoms with E-state index in [1.165, 1.54) is 12.8 Å². The Hall–Kier alpha value is -0.610. The lowest BCUT2D eigenvalue weighted by atomic mass is 9.90. The van der Waals surface area contributed by atoms with E-state index in [9.17, 15) is 9.90 Å². The zero-order chi connectivity index (χ0) is 13.1. The van der Waals surface area contributed by atoms with Crippen molar-refractivity contribution in [1.29, 1.82) is 0 Å². The molecule has 1 amide bonds. The smallest absolute Gasteiger partial charge is 0.239 e. The summed E-state index contributed by atoms with van der Waals surface area (Å²) >= 11 is 0. The Kier molecular flexibility index (Phi) is 4.62. The summed E-state index contributed by atoms with van der Waals surface area (Å²) in [6, 6.07) is 0.0106. The van der Waals surface area contributed by atoms with Gasteiger partial charge in [0.15, 0.2) is 0 Å². The molecule has 2 aliphatic rings. The van der Waals surface area contributed by atoms with Crippen LogP contribution in [0.2, 0.25) is 0 Å². The van der Waals surface area contributed by atoms with Crippen molar-refractivity contribution in [2.45, 2.75) is 51.7 Å². The molecular weight excluding hydrogens is 228 g/mol. The number of likely N-dealkylation sites (tertiary alicyclic amines) is 1. The second kappa shape index (κ2) is 6.02. The van der Waals surface area contributed by atoms with Gasteiger partial charge in [0.2, 0.25) is 5.91 Å². The van der Waals surface area contributed by atoms with Crippen LogP contribution in [-0.4, -0.2) is 47.7 Å². The maximum absolute atomic E-state index is 12.4. The number of carbonyl (C=O) groups excluding carboxylic acids is 1. The van der Waals surface area contributed by atoms with E-state index in [1.807, 2.05) is 11.8 Å². The maximum Gasteiger partial charge on any atom is 0.239 e. The molecule has 104 valence electrons. The highest BCUT2D eigenvalue weighted by Crippen LogP contribution is 2.24. The van der Waals surface area contributed by atoms with Crippen LogP contribution in [0.5, 0.6) is 0 Å². The van der Waals surface area contributed by atoms with Crippen LogP contribution >= 0.6 is 0 Å². The predicted molar refractivity (Wildman–Crippen MR) is 71.2 cm³/mol. The summed E-state index contributed by atoms with van der Waals surface area (Å²) in [5.74, 6) is 1.20. The van der Waals surface area contributed by atoms with Crippen LogP contribution in [-0.2, 0) is 4.79 Å². The molecule has 2 saturated heterocycles. The second-order valence-electron chi connectivity index (χ2n) is 5.88. The van der Waals surface area contributed by atoms with E-state index in [-0.39, 0.29) is 24.0 Å². The lowest BCUT2D eigenvalue weighted by Crippen LogP contribution is -2.49. The summed E-state index contributed by atoms with van der Waals surface area (Å²) in [6.07, 6.45) is 3.97. The monoisotopic (exact) mass is 254 g/mol. The number of rotatable bonds is 3. The first-order valence-corrected chi connectivity index (χ1v) is 7.32. The Balaban J connectivity index is 1.88. The van der Waals surface area contributed by atoms with Gasteiger partial charge in [-0.2, -0.15) is 0 Å². The summed E-state index contributed by atoms with van der Waals surface area (Å²) in [4.78, 5) is 14.3. The lowest BCUT2D eigenvalue weighted by Gasteiger charge is -2.31. The molecule has 18 heavy (non-hydrogen) atoms. The van der Waals surface area contributed by atoms with Crippen LogP contribution in [0.15, 0.2) is 0 Å². The molecule has 4 unspecified atom stereocenters. The molecule has 2 heterocycles. The average molecular weight is 254 g/mol. The maximum atomic E-state index is 12.4. The van der Waals surface area contributed by atoms with Crippen LogP contribution in [0, 0.1) is 11.8 Å². The highest BCUT2D eigenvalue weighted by molar-refractivity contribution is 5.82. The molecule has 0 bridgehead atoms. The van der Waals surface area contributed by atoms with Crippen LogP contribution in [0.4, 0.5) is 0 Å². The van der Waals surface area contributed by atoms with E-state index in [4.69, 9.17) is 0 Å². The number of hydrogen-bond donors (Lipinski definition) is 2. The molecule has 0 aliphatic carbocycles. The fourth-order valence-corrected chi connectivity index (χ4v) is 3.16. The first-order chi connectivity index (χ1) is 8.61. The zero-order valence-corrected chi connectivity index (χ0v) is 11.6. The van der Waals surface area contributed by atoms with E-state index in [1.54, 1.807) is 0 Å². The Bertz CT molecular complexity index is 294. The first kappa shape index (κ1) is 13.8. The van der Waals surface area contributed by atoms with E-state index >= 15 is 0 Å². The summed E-state index contributed by atoms with van der Waals surface area (Å²) in [7, 11) is 0. The molecule has 4 nitrogen and oxygen atoms in total. The minimum Gasteiger partial charge on any atom is -0.393 e. The van der Waals surface area contributed by atoms with Crippen molar-refractivity contribution in [2.75, 3.05) is 19.6 Å². The second-order valence-corrected chi connectivity index (χ2v) is 5.88. The van der Waals surface area contributed by atoms with Crippen molar-refractivity contribution in [3.63, 3.8) is 0 Å². The number of nitrogens with one attached hydrogen (secondary N) is 1. The van der Waals surface area contributed by atoms with Crippen LogP contribution in [0.3, 0.4) is 0 Å². The van der Waals surface area contributed by atoms with Gasteiger partial charge in [-0.3, -0.25) is 4.79 Å². The summed E-state index contributed by atoms with van der Waals surface area (Å²) < 4.78 is 0. The number of aliphatic hydroxyl groups is 1. The van der Waals surface area contributed by atoms with Crippen molar-refractivity contribution in [1.82, 2.24) is 10.2 Å². The Labute approximate surface area is 110 Å². The highest BCUT2D eigenvalue weighted by atomic mass is 16.3. The van der Waals surface area contributed by atoms with E-state index in [2.05, 4.69) is 12.2 Å². The van der Waals surface area contributed by atoms with Gasteiger partial charge in [0, 0.05) is 19.0 Å². The quantitative estimate of drug-likeness (QED) is 0.790. The Morgan fingerprint density at radius 1 is 1.50 bits per heavy atom. The van der Waals surface area contributed by atoms with Gasteiger partial charge in [0.1, 0.15) is 0 Å². The van der Waals surface area contributed by atoms with Crippen molar-refractivity contribution < 1.29 is 9.90 Å². The number of hydrogen-bond acceptors (Lipinski definition) is 3. The molecule has 0 aromatic carbocycles. The molecule has 0 radical (unpaired) electrons. The van der Waals surface area contributed by atoms with Crippen molar-refractivity contribution in [2.24, 2.45) is 11.8 Å². The topological polar surface area (TPSA) is 52.6 Å². The van der Waals surface area contributed by atoms with Gasteiger partial charge >= 0.3 is 0 Å². The van der Waals surface area contributed by atoms with Crippen LogP contribution in [0.1, 0.15) is 39.5 Å². The number of amides is 1. The minimum absolute atomic E-state index is 0.0106. The molecule has 2 aliphatic heterocycles. The SMILES string of the molecule is CCC1CCNC(C(=O)N2CCC(C(C)O)C2)C1. The molecule has 2 fully saturated rings. The average Bonchev–Trinajstić information content (AvgIpc) is 2.87. The molecule has 0 aromatic heterocycles. The van der Waals surface area contributed by atoms with Gasteiger partial charge in [0.05, 0.1) is 12.1 Å². The van der Waals surface area contributed by atoms with E-state index in [0.717, 1.165) is 32.5 Å². The zero-order valence-electron chi connectivity index (χ0n) is 11.6. The fourth-order valence-electron chi connectivity index (χ4n) is 3.16. The number of carbonyl (C=O) groups is 1. The van der Waals surface area contributed by atoms with Gasteiger partial charge in [-0.1, -0.05) is 13.3 Å². The fraction of sp³-hybridized carbons (Fsp3) is 0.929. The van der Waals surface area contributed by atoms with Gasteiger partial charge in [0.25, 0.3) is 0 Å². The van der Waals surface area contributed by atoms with Gasteiger partial charge in [-0.25, -0.2) is 0 Å². The molecule has 4 atom stereocenters. The third kappa shape index (κ3) is 3.04. The Morgan fingerprint density at radius 3 is 2.89 bits per heavy atom. The van der Waals surface area contributed by atoms with Crippen molar-refractivity contribution >= 4 is 5.91 Å². The number of aliphatic hydroxyl groups excluding tert-OH is 1. The van der Waals surface area contributed by atoms with Gasteiger partial charge < -0.3 is 15.3 Å². The predicted octanol–water partition coefficient (Wildman–Crippen LogP) is 0.994. The minimum atomic E-state index is -0.300. The number of nitrogens with zero attached hydrogens (tertiary/aromatic N) is 1. The van der Waals surface area contributed by atoms with Crippen LogP contribution in [0.25, 0.3) is 0 Å². The molecule has 0 aromatic rings. The molecule has 2 rings (SSSR count). The van der Waals surface area contributed by atoms with Crippen LogP contribution < -0.4 is 5.32 Å². The molecule has 0 saturated carbocycles. The third-order valence-corrected chi connectivity index (χ3v) is 4.61. The summed E-state index contributed by atoms with van der Waals surface area (Å²) in [5.41, 5.74) is 0. The molecular formula is C14H26N2O2.